The molecular formula is C23H24N4O4. The molecule has 4 rings (SSSR count). The molecule has 8 nitrogen and oxygen atoms in total. The van der Waals surface area contributed by atoms with Crippen molar-refractivity contribution in [3.8, 4) is 34.7 Å². The van der Waals surface area contributed by atoms with Crippen LogP contribution in [0.5, 0.6) is 5.75 Å². The lowest BCUT2D eigenvalue weighted by atomic mass is 10.0. The monoisotopic (exact) mass is 420 g/mol. The number of hydrogen-bond acceptors (Lipinski definition) is 8. The molecule has 1 aliphatic carbocycles. The largest absolute Gasteiger partial charge is 0.490 e. The highest BCUT2D eigenvalue weighted by Crippen LogP contribution is 2.37. The Morgan fingerprint density at radius 3 is 2.87 bits per heavy atom. The summed E-state index contributed by atoms with van der Waals surface area (Å²) in [5.74, 6) is 1.33. The zero-order valence-electron chi connectivity index (χ0n) is 17.4. The van der Waals surface area contributed by atoms with E-state index in [4.69, 9.17) is 19.5 Å². The molecule has 0 radical (unpaired) electrons. The van der Waals surface area contributed by atoms with Crippen LogP contribution in [0.15, 0.2) is 40.9 Å². The van der Waals surface area contributed by atoms with E-state index in [1.165, 1.54) is 0 Å². The van der Waals surface area contributed by atoms with Gasteiger partial charge in [0.1, 0.15) is 11.8 Å². The molecule has 8 heteroatoms. The summed E-state index contributed by atoms with van der Waals surface area (Å²) in [7, 11) is 0. The Morgan fingerprint density at radius 2 is 2.13 bits per heavy atom. The number of fused-ring (bicyclic) bond motifs is 1. The topological polar surface area (TPSA) is 124 Å². The summed E-state index contributed by atoms with van der Waals surface area (Å²) in [6.45, 7) is 3.92. The van der Waals surface area contributed by atoms with E-state index < -0.39 is 6.29 Å². The SMILES string of the molecule is CC(C)Oc1ccc(-c2nc(-c3cccc4c3CCC4NCC(O)O)no2)cc1C#N. The average molecular weight is 420 g/mol. The number of aliphatic hydroxyl groups excluding tert-OH is 1. The van der Waals surface area contributed by atoms with Crippen molar-refractivity contribution < 1.29 is 19.5 Å². The average Bonchev–Trinajstić information content (AvgIpc) is 3.39. The number of nitrogens with zero attached hydrogens (tertiary/aromatic N) is 3. The van der Waals surface area contributed by atoms with Gasteiger partial charge in [-0.25, -0.2) is 0 Å². The van der Waals surface area contributed by atoms with E-state index >= 15 is 0 Å². The van der Waals surface area contributed by atoms with E-state index in [2.05, 4.69) is 21.5 Å². The number of aromatic nitrogens is 2. The second-order valence-electron chi connectivity index (χ2n) is 7.77. The van der Waals surface area contributed by atoms with Crippen molar-refractivity contribution in [3.63, 3.8) is 0 Å². The number of nitrogens with one attached hydrogen (secondary N) is 1. The maximum Gasteiger partial charge on any atom is 0.258 e. The summed E-state index contributed by atoms with van der Waals surface area (Å²) < 4.78 is 11.2. The summed E-state index contributed by atoms with van der Waals surface area (Å²) in [6.07, 6.45) is 0.260. The lowest BCUT2D eigenvalue weighted by molar-refractivity contribution is -0.0389. The van der Waals surface area contributed by atoms with Crippen LogP contribution in [0.25, 0.3) is 22.8 Å². The highest BCUT2D eigenvalue weighted by atomic mass is 16.5. The molecule has 2 aromatic carbocycles. The van der Waals surface area contributed by atoms with Gasteiger partial charge in [-0.3, -0.25) is 0 Å². The van der Waals surface area contributed by atoms with Crippen molar-refractivity contribution in [2.75, 3.05) is 6.54 Å². The van der Waals surface area contributed by atoms with E-state index in [9.17, 15) is 5.26 Å². The van der Waals surface area contributed by atoms with Crippen molar-refractivity contribution in [3.05, 3.63) is 53.1 Å². The molecule has 1 atom stereocenters. The van der Waals surface area contributed by atoms with Crippen LogP contribution >= 0.6 is 0 Å². The van der Waals surface area contributed by atoms with Crippen molar-refractivity contribution in [1.82, 2.24) is 15.5 Å². The first-order valence-electron chi connectivity index (χ1n) is 10.2. The number of hydrogen-bond donors (Lipinski definition) is 3. The van der Waals surface area contributed by atoms with Crippen LogP contribution in [0.4, 0.5) is 0 Å². The van der Waals surface area contributed by atoms with Gasteiger partial charge in [0, 0.05) is 23.7 Å². The zero-order chi connectivity index (χ0) is 22.0. The second kappa shape index (κ2) is 8.86. The number of aliphatic hydroxyl groups is 2. The standard InChI is InChI=1S/C23H24N4O4/c1-13(2)30-20-9-6-14(10-15(20)11-24)23-26-22(27-31-23)18-5-3-4-17-16(18)7-8-19(17)25-12-21(28)29/h3-6,9-10,13,19,21,25,28-29H,7-8,12H2,1-2H3. The first kappa shape index (κ1) is 21.0. The van der Waals surface area contributed by atoms with Gasteiger partial charge in [-0.15, -0.1) is 0 Å². The Labute approximate surface area is 180 Å². The maximum atomic E-state index is 9.46. The van der Waals surface area contributed by atoms with Crippen molar-refractivity contribution in [1.29, 1.82) is 5.26 Å². The third-order valence-corrected chi connectivity index (χ3v) is 5.19. The predicted octanol–water partition coefficient (Wildman–Crippen LogP) is 2.95. The molecule has 31 heavy (non-hydrogen) atoms. The molecule has 0 aliphatic heterocycles. The molecule has 0 fully saturated rings. The first-order chi connectivity index (χ1) is 15.0. The quantitative estimate of drug-likeness (QED) is 0.498. The number of benzene rings is 2. The van der Waals surface area contributed by atoms with Gasteiger partial charge in [0.25, 0.3) is 5.89 Å². The van der Waals surface area contributed by atoms with Gasteiger partial charge >= 0.3 is 0 Å². The molecule has 0 bridgehead atoms. The Bertz CT molecular complexity index is 1120. The van der Waals surface area contributed by atoms with Crippen LogP contribution in [0, 0.1) is 11.3 Å². The molecule has 0 amide bonds. The van der Waals surface area contributed by atoms with E-state index in [1.54, 1.807) is 18.2 Å². The summed E-state index contributed by atoms with van der Waals surface area (Å²) in [4.78, 5) is 4.57. The van der Waals surface area contributed by atoms with Gasteiger partial charge in [-0.2, -0.15) is 10.2 Å². The Kier molecular flexibility index (Phi) is 6.00. The minimum atomic E-state index is -1.39. The number of nitriles is 1. The van der Waals surface area contributed by atoms with Crippen LogP contribution in [-0.4, -0.2) is 39.3 Å². The van der Waals surface area contributed by atoms with Crippen LogP contribution in [0.1, 0.15) is 43.0 Å². The van der Waals surface area contributed by atoms with Crippen molar-refractivity contribution >= 4 is 0 Å². The third kappa shape index (κ3) is 4.44. The van der Waals surface area contributed by atoms with E-state index in [1.807, 2.05) is 32.0 Å². The van der Waals surface area contributed by atoms with E-state index in [-0.39, 0.29) is 18.7 Å². The van der Waals surface area contributed by atoms with Gasteiger partial charge in [-0.05, 0) is 56.0 Å². The minimum Gasteiger partial charge on any atom is -0.490 e. The molecule has 0 spiro atoms. The Balaban J connectivity index is 1.61. The minimum absolute atomic E-state index is 0.0351. The van der Waals surface area contributed by atoms with Crippen LogP contribution in [-0.2, 0) is 6.42 Å². The molecule has 1 aliphatic rings. The molecule has 3 aromatic rings. The fourth-order valence-corrected chi connectivity index (χ4v) is 3.88. The van der Waals surface area contributed by atoms with E-state index in [0.29, 0.717) is 28.6 Å². The summed E-state index contributed by atoms with van der Waals surface area (Å²) in [5.41, 5.74) is 4.17. The van der Waals surface area contributed by atoms with E-state index in [0.717, 1.165) is 29.5 Å². The van der Waals surface area contributed by atoms with Gasteiger partial charge in [0.05, 0.1) is 11.7 Å². The van der Waals surface area contributed by atoms with Gasteiger partial charge in [-0.1, -0.05) is 23.4 Å². The Morgan fingerprint density at radius 1 is 1.29 bits per heavy atom. The molecule has 0 saturated heterocycles. The highest BCUT2D eigenvalue weighted by Gasteiger charge is 2.26. The number of ether oxygens (including phenoxy) is 1. The summed E-state index contributed by atoms with van der Waals surface area (Å²) in [5, 5.41) is 35.1. The van der Waals surface area contributed by atoms with Gasteiger partial charge in [0.15, 0.2) is 6.29 Å². The lowest BCUT2D eigenvalue weighted by Gasteiger charge is -2.15. The molecule has 160 valence electrons. The van der Waals surface area contributed by atoms with Gasteiger partial charge < -0.3 is 24.8 Å². The molecular weight excluding hydrogens is 396 g/mol. The Hall–Kier alpha value is -3.25. The second-order valence-corrected chi connectivity index (χ2v) is 7.77. The molecule has 3 N–H and O–H groups in total. The van der Waals surface area contributed by atoms with Gasteiger partial charge in [0.2, 0.25) is 5.82 Å². The van der Waals surface area contributed by atoms with Crippen LogP contribution in [0.3, 0.4) is 0 Å². The smallest absolute Gasteiger partial charge is 0.258 e. The fraction of sp³-hybridized carbons (Fsp3) is 0.348. The maximum absolute atomic E-state index is 9.46. The number of rotatable bonds is 7. The third-order valence-electron chi connectivity index (χ3n) is 5.19. The fourth-order valence-electron chi connectivity index (χ4n) is 3.88. The molecule has 0 saturated carbocycles. The van der Waals surface area contributed by atoms with Crippen LogP contribution < -0.4 is 10.1 Å². The zero-order valence-corrected chi connectivity index (χ0v) is 17.4. The summed E-state index contributed by atoms with van der Waals surface area (Å²) >= 11 is 0. The molecule has 1 unspecified atom stereocenters. The highest BCUT2D eigenvalue weighted by molar-refractivity contribution is 5.67. The molecule has 1 aromatic heterocycles. The van der Waals surface area contributed by atoms with Crippen molar-refractivity contribution in [2.45, 2.75) is 45.1 Å². The predicted molar refractivity (Wildman–Crippen MR) is 113 cm³/mol. The first-order valence-corrected chi connectivity index (χ1v) is 10.2. The summed E-state index contributed by atoms with van der Waals surface area (Å²) in [6, 6.07) is 13.3. The van der Waals surface area contributed by atoms with Crippen molar-refractivity contribution in [2.24, 2.45) is 0 Å². The normalized spacial score (nSPS) is 15.3. The van der Waals surface area contributed by atoms with Crippen LogP contribution in [0.2, 0.25) is 0 Å². The lowest BCUT2D eigenvalue weighted by Crippen LogP contribution is -2.29. The molecule has 1 heterocycles.